The molecule has 7 N–H and O–H groups in total. The minimum absolute atomic E-state index is 0.0574. The second-order valence-electron chi connectivity index (χ2n) is 8.81. The molecule has 1 aliphatic heterocycles. The van der Waals surface area contributed by atoms with Gasteiger partial charge in [0.1, 0.15) is 37.0 Å². The van der Waals surface area contributed by atoms with Gasteiger partial charge in [-0.15, -0.1) is 0 Å². The van der Waals surface area contributed by atoms with Gasteiger partial charge in [-0.25, -0.2) is 19.7 Å². The largest absolute Gasteiger partial charge is 0.489 e. The second kappa shape index (κ2) is 12.8. The number of aromatic nitrogens is 4. The van der Waals surface area contributed by atoms with Crippen LogP contribution >= 0.6 is 11.8 Å². The van der Waals surface area contributed by atoms with Gasteiger partial charge in [-0.1, -0.05) is 11.8 Å². The molecule has 2 aromatic heterocycles. The molecule has 40 heavy (non-hydrogen) atoms. The number of imidazole rings is 1. The van der Waals surface area contributed by atoms with Gasteiger partial charge >= 0.3 is 5.97 Å². The number of aliphatic hydroxyl groups is 4. The number of ether oxygens (including phenoxy) is 3. The molecule has 0 spiro atoms. The highest BCUT2D eigenvalue weighted by Crippen LogP contribution is 2.36. The summed E-state index contributed by atoms with van der Waals surface area (Å²) >= 11 is 1.08. The van der Waals surface area contributed by atoms with Gasteiger partial charge in [0.15, 0.2) is 28.4 Å². The van der Waals surface area contributed by atoms with Gasteiger partial charge in [0.25, 0.3) is 0 Å². The average molecular weight is 579 g/mol. The van der Waals surface area contributed by atoms with Crippen LogP contribution in [-0.2, 0) is 14.3 Å². The zero-order valence-corrected chi connectivity index (χ0v) is 22.4. The van der Waals surface area contributed by atoms with Crippen LogP contribution in [0.2, 0.25) is 0 Å². The van der Waals surface area contributed by atoms with Crippen LogP contribution in [0.15, 0.2) is 29.7 Å². The number of benzene rings is 1. The number of carbonyl (C=O) groups excluding carboxylic acids is 2. The van der Waals surface area contributed by atoms with E-state index in [-0.39, 0.29) is 64.0 Å². The maximum atomic E-state index is 12.1. The van der Waals surface area contributed by atoms with Crippen molar-refractivity contribution in [2.75, 3.05) is 36.6 Å². The first-order valence-electron chi connectivity index (χ1n) is 12.3. The first-order valence-corrected chi connectivity index (χ1v) is 13.3. The van der Waals surface area contributed by atoms with Crippen LogP contribution in [-0.4, -0.2) is 102 Å². The molecule has 5 atom stereocenters. The van der Waals surface area contributed by atoms with E-state index in [4.69, 9.17) is 19.9 Å². The lowest BCUT2D eigenvalue weighted by atomic mass is 10.1. The molecular formula is C24H30N6O9S. The van der Waals surface area contributed by atoms with Crippen molar-refractivity contribution < 1.29 is 44.2 Å². The molecule has 1 amide bonds. The Morgan fingerprint density at radius 1 is 1.27 bits per heavy atom. The molecule has 0 radical (unpaired) electrons. The van der Waals surface area contributed by atoms with E-state index < -0.39 is 43.2 Å². The fourth-order valence-corrected chi connectivity index (χ4v) is 4.94. The van der Waals surface area contributed by atoms with E-state index in [1.807, 2.05) is 0 Å². The number of carbonyl (C=O) groups is 2. The third-order valence-corrected chi connectivity index (χ3v) is 6.98. The number of fused-ring (bicyclic) bond motifs is 1. The zero-order valence-electron chi connectivity index (χ0n) is 21.6. The number of nitrogens with one attached hydrogen (secondary N) is 1. The summed E-state index contributed by atoms with van der Waals surface area (Å²) in [5, 5.41) is 43.9. The van der Waals surface area contributed by atoms with Gasteiger partial charge < -0.3 is 45.7 Å². The summed E-state index contributed by atoms with van der Waals surface area (Å²) in [5.74, 6) is -0.568. The van der Waals surface area contributed by atoms with Crippen molar-refractivity contribution in [3.63, 3.8) is 0 Å². The van der Waals surface area contributed by atoms with Crippen LogP contribution in [0.3, 0.4) is 0 Å². The third-order valence-electron chi connectivity index (χ3n) is 5.88. The molecule has 3 heterocycles. The van der Waals surface area contributed by atoms with Crippen molar-refractivity contribution in [1.82, 2.24) is 19.5 Å². The number of hydrogen-bond donors (Lipinski definition) is 6. The Balaban J connectivity index is 1.49. The minimum atomic E-state index is -1.40. The fourth-order valence-electron chi connectivity index (χ4n) is 4.02. The Kier molecular flexibility index (Phi) is 9.39. The lowest BCUT2D eigenvalue weighted by Gasteiger charge is -2.20. The molecule has 1 unspecified atom stereocenters. The summed E-state index contributed by atoms with van der Waals surface area (Å²) in [6.45, 7) is 2.48. The molecule has 4 rings (SSSR count). The molecule has 1 fully saturated rings. The Labute approximate surface area is 232 Å². The van der Waals surface area contributed by atoms with Crippen molar-refractivity contribution in [3.05, 3.63) is 30.1 Å². The first-order chi connectivity index (χ1) is 19.1. The fraction of sp³-hybridized carbons (Fsp3) is 0.458. The SMILES string of the molecule is CCOC(=O)c1ccc(OCC(O)CSc2nc3c(N)ncnc3n2[C@@H]2O[C@H](CO)[C@@H](O)[C@H]2O)c(NC(C)=O)c1. The third kappa shape index (κ3) is 6.27. The van der Waals surface area contributed by atoms with E-state index in [0.29, 0.717) is 0 Å². The maximum absolute atomic E-state index is 12.1. The van der Waals surface area contributed by atoms with Crippen molar-refractivity contribution in [2.45, 2.75) is 49.6 Å². The standard InChI is InChI=1S/C24H30N6O9S/c1-3-37-23(36)12-4-5-15(14(6-12)28-11(2)32)38-8-13(33)9-40-24-29-17-20(25)26-10-27-21(17)30(24)22-19(35)18(34)16(7-31)39-22/h4-6,10,13,16,18-19,22,31,33-35H,3,7-9H2,1-2H3,(H,28,32)(H2,25,26,27)/t13?,16-,18-,19-,22-/m1/s1. The Hall–Kier alpha value is -3.54. The first kappa shape index (κ1) is 29.4. The molecule has 0 bridgehead atoms. The molecule has 1 aliphatic rings. The van der Waals surface area contributed by atoms with Gasteiger partial charge in [0.05, 0.1) is 30.6 Å². The molecule has 0 saturated carbocycles. The molecule has 3 aromatic rings. The van der Waals surface area contributed by atoms with Crippen LogP contribution in [0.1, 0.15) is 30.4 Å². The number of amides is 1. The van der Waals surface area contributed by atoms with E-state index >= 15 is 0 Å². The summed E-state index contributed by atoms with van der Waals surface area (Å²) in [4.78, 5) is 36.3. The predicted molar refractivity (Wildman–Crippen MR) is 142 cm³/mol. The van der Waals surface area contributed by atoms with Gasteiger partial charge in [-0.2, -0.15) is 0 Å². The van der Waals surface area contributed by atoms with E-state index in [2.05, 4.69) is 20.3 Å². The highest BCUT2D eigenvalue weighted by Gasteiger charge is 2.45. The number of hydrogen-bond acceptors (Lipinski definition) is 14. The minimum Gasteiger partial charge on any atom is -0.489 e. The van der Waals surface area contributed by atoms with E-state index in [9.17, 15) is 30.0 Å². The van der Waals surface area contributed by atoms with E-state index in [1.165, 1.54) is 36.0 Å². The summed E-state index contributed by atoms with van der Waals surface area (Å²) in [6, 6.07) is 4.39. The number of esters is 1. The summed E-state index contributed by atoms with van der Waals surface area (Å²) < 4.78 is 17.8. The van der Waals surface area contributed by atoms with Crippen LogP contribution in [0.4, 0.5) is 11.5 Å². The van der Waals surface area contributed by atoms with E-state index in [0.717, 1.165) is 11.8 Å². The van der Waals surface area contributed by atoms with Crippen molar-refractivity contribution in [2.24, 2.45) is 0 Å². The lowest BCUT2D eigenvalue weighted by Crippen LogP contribution is -2.33. The van der Waals surface area contributed by atoms with Gasteiger partial charge in [0, 0.05) is 12.7 Å². The Bertz CT molecular complexity index is 1370. The van der Waals surface area contributed by atoms with Crippen molar-refractivity contribution in [3.8, 4) is 5.75 Å². The summed E-state index contributed by atoms with van der Waals surface area (Å²) in [7, 11) is 0. The number of anilines is 2. The molecule has 1 aromatic carbocycles. The number of aliphatic hydroxyl groups excluding tert-OH is 4. The number of thioether (sulfide) groups is 1. The highest BCUT2D eigenvalue weighted by molar-refractivity contribution is 7.99. The molecular weight excluding hydrogens is 548 g/mol. The molecule has 16 heteroatoms. The highest BCUT2D eigenvalue weighted by atomic mass is 32.2. The average Bonchev–Trinajstić information content (AvgIpc) is 3.43. The maximum Gasteiger partial charge on any atom is 0.338 e. The molecule has 0 aliphatic carbocycles. The topological polar surface area (TPSA) is 224 Å². The summed E-state index contributed by atoms with van der Waals surface area (Å²) in [6.07, 6.45) is -4.74. The van der Waals surface area contributed by atoms with Crippen LogP contribution in [0.5, 0.6) is 5.75 Å². The predicted octanol–water partition coefficient (Wildman–Crippen LogP) is -0.313. The van der Waals surface area contributed by atoms with Crippen LogP contribution < -0.4 is 15.8 Å². The molecule has 216 valence electrons. The smallest absolute Gasteiger partial charge is 0.338 e. The number of rotatable bonds is 11. The van der Waals surface area contributed by atoms with Gasteiger partial charge in [-0.05, 0) is 25.1 Å². The van der Waals surface area contributed by atoms with Gasteiger partial charge in [0.2, 0.25) is 5.91 Å². The van der Waals surface area contributed by atoms with E-state index in [1.54, 1.807) is 6.92 Å². The lowest BCUT2D eigenvalue weighted by molar-refractivity contribution is -0.114. The summed E-state index contributed by atoms with van der Waals surface area (Å²) in [5.41, 5.74) is 6.88. The number of nitrogens with two attached hydrogens (primary N) is 1. The van der Waals surface area contributed by atoms with Gasteiger partial charge in [-0.3, -0.25) is 9.36 Å². The van der Waals surface area contributed by atoms with Crippen LogP contribution in [0, 0.1) is 0 Å². The second-order valence-corrected chi connectivity index (χ2v) is 9.80. The van der Waals surface area contributed by atoms with Crippen molar-refractivity contribution >= 4 is 46.3 Å². The number of nitrogens with zero attached hydrogens (tertiary/aromatic N) is 4. The zero-order chi connectivity index (χ0) is 29.0. The van der Waals surface area contributed by atoms with Crippen molar-refractivity contribution in [1.29, 1.82) is 0 Å². The molecule has 1 saturated heterocycles. The number of nitrogen functional groups attached to an aromatic ring is 1. The normalized spacial score (nSPS) is 21.4. The van der Waals surface area contributed by atoms with Crippen LogP contribution in [0.25, 0.3) is 11.2 Å². The monoisotopic (exact) mass is 578 g/mol. The molecule has 15 nitrogen and oxygen atoms in total. The quantitative estimate of drug-likeness (QED) is 0.127. The Morgan fingerprint density at radius 3 is 2.73 bits per heavy atom. The Morgan fingerprint density at radius 2 is 2.05 bits per heavy atom.